The first-order valence-corrected chi connectivity index (χ1v) is 7.03. The van der Waals surface area contributed by atoms with Crippen molar-refractivity contribution in [3.8, 4) is 0 Å². The molecule has 0 spiro atoms. The van der Waals surface area contributed by atoms with Gasteiger partial charge in [0.1, 0.15) is 5.76 Å². The van der Waals surface area contributed by atoms with Gasteiger partial charge in [0.2, 0.25) is 0 Å². The predicted molar refractivity (Wildman–Crippen MR) is 73.8 cm³/mol. The van der Waals surface area contributed by atoms with Crippen molar-refractivity contribution in [2.75, 3.05) is 7.05 Å². The Balaban J connectivity index is 1.95. The van der Waals surface area contributed by atoms with Crippen molar-refractivity contribution < 1.29 is 4.42 Å². The van der Waals surface area contributed by atoms with E-state index in [4.69, 9.17) is 10.2 Å². The number of nitrogens with two attached hydrogens (primary N) is 1. The van der Waals surface area contributed by atoms with Crippen LogP contribution in [0.1, 0.15) is 16.2 Å². The Morgan fingerprint density at radius 1 is 1.47 bits per heavy atom. The molecule has 3 nitrogen and oxygen atoms in total. The molecule has 0 aliphatic heterocycles. The molecule has 0 fully saturated rings. The van der Waals surface area contributed by atoms with Gasteiger partial charge >= 0.3 is 0 Å². The molecule has 5 heteroatoms. The van der Waals surface area contributed by atoms with Crippen molar-refractivity contribution in [3.05, 3.63) is 44.4 Å². The predicted octanol–water partition coefficient (Wildman–Crippen LogP) is 3.19. The lowest BCUT2D eigenvalue weighted by Crippen LogP contribution is -2.17. The van der Waals surface area contributed by atoms with Gasteiger partial charge in [-0.25, -0.2) is 0 Å². The van der Waals surface area contributed by atoms with Gasteiger partial charge in [0.15, 0.2) is 0 Å². The quantitative estimate of drug-likeness (QED) is 0.921. The molecule has 0 saturated heterocycles. The summed E-state index contributed by atoms with van der Waals surface area (Å²) in [5.74, 6) is 0.964. The summed E-state index contributed by atoms with van der Waals surface area (Å²) in [6.45, 7) is 2.24. The summed E-state index contributed by atoms with van der Waals surface area (Å²) >= 11 is 5.22. The van der Waals surface area contributed by atoms with Crippen LogP contribution in [0.15, 0.2) is 32.7 Å². The fourth-order valence-corrected chi connectivity index (χ4v) is 3.22. The highest BCUT2D eigenvalue weighted by molar-refractivity contribution is 9.10. The van der Waals surface area contributed by atoms with Crippen LogP contribution in [0.2, 0.25) is 0 Å². The summed E-state index contributed by atoms with van der Waals surface area (Å²) < 4.78 is 6.59. The monoisotopic (exact) mass is 314 g/mol. The standard InChI is InChI=1S/C12H15BrN2OS/c1-15(6-11-4-10(13)8-17-11)7-12-9(5-14)2-3-16-12/h2-4,8H,5-7,14H2,1H3. The van der Waals surface area contributed by atoms with Gasteiger partial charge in [-0.05, 0) is 35.1 Å². The molecule has 2 heterocycles. The maximum atomic E-state index is 5.64. The normalized spacial score (nSPS) is 11.3. The van der Waals surface area contributed by atoms with Crippen LogP contribution in [0.4, 0.5) is 0 Å². The number of thiophene rings is 1. The average Bonchev–Trinajstić information content (AvgIpc) is 2.87. The summed E-state index contributed by atoms with van der Waals surface area (Å²) in [6.07, 6.45) is 1.70. The van der Waals surface area contributed by atoms with Gasteiger partial charge in [-0.1, -0.05) is 0 Å². The highest BCUT2D eigenvalue weighted by Gasteiger charge is 2.09. The van der Waals surface area contributed by atoms with E-state index in [1.54, 1.807) is 17.6 Å². The molecule has 0 radical (unpaired) electrons. The van der Waals surface area contributed by atoms with Crippen LogP contribution >= 0.6 is 27.3 Å². The lowest BCUT2D eigenvalue weighted by molar-refractivity contribution is 0.288. The Morgan fingerprint density at radius 3 is 2.94 bits per heavy atom. The number of rotatable bonds is 5. The summed E-state index contributed by atoms with van der Waals surface area (Å²) in [5.41, 5.74) is 6.73. The SMILES string of the molecule is CN(Cc1cc(Br)cs1)Cc1occc1CN. The fraction of sp³-hybridized carbons (Fsp3) is 0.333. The third kappa shape index (κ3) is 3.42. The van der Waals surface area contributed by atoms with Gasteiger partial charge in [-0.15, -0.1) is 11.3 Å². The molecular formula is C12H15BrN2OS. The number of nitrogens with zero attached hydrogens (tertiary/aromatic N) is 1. The van der Waals surface area contributed by atoms with E-state index in [9.17, 15) is 0 Å². The molecule has 17 heavy (non-hydrogen) atoms. The summed E-state index contributed by atoms with van der Waals surface area (Å²) in [4.78, 5) is 3.55. The van der Waals surface area contributed by atoms with Crippen molar-refractivity contribution in [3.63, 3.8) is 0 Å². The van der Waals surface area contributed by atoms with Gasteiger partial charge < -0.3 is 10.2 Å². The number of hydrogen-bond acceptors (Lipinski definition) is 4. The molecule has 0 aliphatic carbocycles. The van der Waals surface area contributed by atoms with Gasteiger partial charge in [0.05, 0.1) is 12.8 Å². The van der Waals surface area contributed by atoms with Crippen LogP contribution < -0.4 is 5.73 Å². The van der Waals surface area contributed by atoms with Crippen LogP contribution in [0.5, 0.6) is 0 Å². The number of hydrogen-bond donors (Lipinski definition) is 1. The van der Waals surface area contributed by atoms with Crippen molar-refractivity contribution in [1.29, 1.82) is 0 Å². The molecule has 0 amide bonds. The maximum absolute atomic E-state index is 5.64. The lowest BCUT2D eigenvalue weighted by Gasteiger charge is -2.14. The average molecular weight is 315 g/mol. The topological polar surface area (TPSA) is 42.4 Å². The highest BCUT2D eigenvalue weighted by Crippen LogP contribution is 2.21. The molecule has 0 aliphatic rings. The van der Waals surface area contributed by atoms with E-state index >= 15 is 0 Å². The minimum Gasteiger partial charge on any atom is -0.468 e. The lowest BCUT2D eigenvalue weighted by atomic mass is 10.2. The van der Waals surface area contributed by atoms with Crippen molar-refractivity contribution in [1.82, 2.24) is 4.90 Å². The van der Waals surface area contributed by atoms with E-state index in [-0.39, 0.29) is 0 Å². The Labute approximate surface area is 113 Å². The molecule has 0 aromatic carbocycles. The van der Waals surface area contributed by atoms with Crippen molar-refractivity contribution in [2.24, 2.45) is 5.73 Å². The number of furan rings is 1. The van der Waals surface area contributed by atoms with Gasteiger partial charge in [-0.3, -0.25) is 4.90 Å². The largest absolute Gasteiger partial charge is 0.468 e. The molecule has 0 bridgehead atoms. The first kappa shape index (κ1) is 12.8. The van der Waals surface area contributed by atoms with Crippen LogP contribution in [0, 0.1) is 0 Å². The second kappa shape index (κ2) is 5.82. The molecule has 2 rings (SSSR count). The Bertz CT molecular complexity index is 480. The first-order valence-electron chi connectivity index (χ1n) is 5.36. The van der Waals surface area contributed by atoms with Gasteiger partial charge in [0, 0.05) is 33.4 Å². The van der Waals surface area contributed by atoms with E-state index in [1.807, 2.05) is 6.07 Å². The second-order valence-corrected chi connectivity index (χ2v) is 5.89. The minimum absolute atomic E-state index is 0.532. The van der Waals surface area contributed by atoms with Gasteiger partial charge in [-0.2, -0.15) is 0 Å². The molecule has 2 aromatic heterocycles. The molecule has 0 unspecified atom stereocenters. The molecule has 0 atom stereocenters. The molecular weight excluding hydrogens is 300 g/mol. The molecule has 2 N–H and O–H groups in total. The smallest absolute Gasteiger partial charge is 0.122 e. The molecule has 2 aromatic rings. The first-order chi connectivity index (χ1) is 8.19. The molecule has 0 saturated carbocycles. The van der Waals surface area contributed by atoms with E-state index < -0.39 is 0 Å². The zero-order chi connectivity index (χ0) is 12.3. The highest BCUT2D eigenvalue weighted by atomic mass is 79.9. The van der Waals surface area contributed by atoms with E-state index in [0.717, 1.165) is 28.9 Å². The number of halogens is 1. The van der Waals surface area contributed by atoms with E-state index in [1.165, 1.54) is 4.88 Å². The van der Waals surface area contributed by atoms with Crippen molar-refractivity contribution in [2.45, 2.75) is 19.6 Å². The van der Waals surface area contributed by atoms with Crippen LogP contribution in [-0.2, 0) is 19.6 Å². The van der Waals surface area contributed by atoms with Crippen LogP contribution in [0.25, 0.3) is 0 Å². The summed E-state index contributed by atoms with van der Waals surface area (Å²) in [5, 5.41) is 2.10. The maximum Gasteiger partial charge on any atom is 0.122 e. The third-order valence-electron chi connectivity index (χ3n) is 2.52. The van der Waals surface area contributed by atoms with Crippen molar-refractivity contribution >= 4 is 27.3 Å². The van der Waals surface area contributed by atoms with E-state index in [2.05, 4.69) is 39.3 Å². The zero-order valence-electron chi connectivity index (χ0n) is 9.65. The fourth-order valence-electron chi connectivity index (χ4n) is 1.69. The van der Waals surface area contributed by atoms with Gasteiger partial charge in [0.25, 0.3) is 0 Å². The second-order valence-electron chi connectivity index (χ2n) is 3.98. The summed E-state index contributed by atoms with van der Waals surface area (Å²) in [6, 6.07) is 4.08. The third-order valence-corrected chi connectivity index (χ3v) is 4.20. The zero-order valence-corrected chi connectivity index (χ0v) is 12.1. The Kier molecular flexibility index (Phi) is 4.39. The molecule has 92 valence electrons. The minimum atomic E-state index is 0.532. The van der Waals surface area contributed by atoms with Crippen LogP contribution in [-0.4, -0.2) is 11.9 Å². The Morgan fingerprint density at radius 2 is 2.29 bits per heavy atom. The van der Waals surface area contributed by atoms with E-state index in [0.29, 0.717) is 6.54 Å². The van der Waals surface area contributed by atoms with Crippen LogP contribution in [0.3, 0.4) is 0 Å². The summed E-state index contributed by atoms with van der Waals surface area (Å²) in [7, 11) is 2.08. The Hall–Kier alpha value is -0.620.